The van der Waals surface area contributed by atoms with E-state index in [1.165, 1.54) is 6.07 Å². The van der Waals surface area contributed by atoms with Crippen LogP contribution in [-0.2, 0) is 0 Å². The molecule has 0 fully saturated rings. The molecule has 2 rings (SSSR count). The van der Waals surface area contributed by atoms with Crippen LogP contribution in [-0.4, -0.2) is 6.61 Å². The molecular weight excluding hydrogens is 375 g/mol. The minimum atomic E-state index is -0.214. The van der Waals surface area contributed by atoms with Crippen molar-refractivity contribution in [3.05, 3.63) is 63.9 Å². The van der Waals surface area contributed by atoms with Crippen molar-refractivity contribution >= 4 is 31.9 Å². The molecule has 0 spiro atoms. The van der Waals surface area contributed by atoms with Crippen LogP contribution in [0.25, 0.3) is 0 Å². The molecular formula is C15H13Br2FO. The van der Waals surface area contributed by atoms with Gasteiger partial charge in [-0.1, -0.05) is 40.2 Å². The second-order valence-corrected chi connectivity index (χ2v) is 5.78. The summed E-state index contributed by atoms with van der Waals surface area (Å²) in [5, 5.41) is 0. The first-order valence-electron chi connectivity index (χ1n) is 5.94. The average molecular weight is 388 g/mol. The number of alkyl halides is 1. The Morgan fingerprint density at radius 2 is 1.95 bits per heavy atom. The van der Waals surface area contributed by atoms with Gasteiger partial charge in [0.05, 0.1) is 15.9 Å². The summed E-state index contributed by atoms with van der Waals surface area (Å²) in [6, 6.07) is 12.5. The first-order valence-corrected chi connectivity index (χ1v) is 7.65. The SMILES string of the molecule is CCOc1ccc(C(Br)c2ccccc2F)cc1Br. The standard InChI is InChI=1S/C15H13Br2FO/c1-2-19-14-8-7-10(9-12(14)16)15(17)11-5-3-4-6-13(11)18/h3-9,15H,2H2,1H3. The zero-order valence-electron chi connectivity index (χ0n) is 10.4. The highest BCUT2D eigenvalue weighted by atomic mass is 79.9. The van der Waals surface area contributed by atoms with Crippen molar-refractivity contribution < 1.29 is 9.13 Å². The van der Waals surface area contributed by atoms with Gasteiger partial charge in [-0.3, -0.25) is 0 Å². The van der Waals surface area contributed by atoms with Gasteiger partial charge < -0.3 is 4.74 Å². The molecule has 0 saturated carbocycles. The molecule has 0 saturated heterocycles. The summed E-state index contributed by atoms with van der Waals surface area (Å²) in [4.78, 5) is -0.180. The molecule has 1 unspecified atom stereocenters. The van der Waals surface area contributed by atoms with Gasteiger partial charge in [-0.05, 0) is 46.6 Å². The summed E-state index contributed by atoms with van der Waals surface area (Å²) in [5.41, 5.74) is 1.60. The number of hydrogen-bond donors (Lipinski definition) is 0. The predicted octanol–water partition coefficient (Wildman–Crippen LogP) is 5.47. The van der Waals surface area contributed by atoms with Crippen molar-refractivity contribution in [3.8, 4) is 5.75 Å². The maximum absolute atomic E-state index is 13.8. The summed E-state index contributed by atoms with van der Waals surface area (Å²) in [5.74, 6) is 0.578. The molecule has 1 atom stereocenters. The highest BCUT2D eigenvalue weighted by Gasteiger charge is 2.15. The third-order valence-electron chi connectivity index (χ3n) is 2.73. The lowest BCUT2D eigenvalue weighted by Crippen LogP contribution is -1.98. The van der Waals surface area contributed by atoms with Gasteiger partial charge in [-0.25, -0.2) is 4.39 Å². The Balaban J connectivity index is 2.32. The van der Waals surface area contributed by atoms with E-state index in [-0.39, 0.29) is 10.6 Å². The zero-order chi connectivity index (χ0) is 13.8. The number of benzene rings is 2. The fourth-order valence-corrected chi connectivity index (χ4v) is 2.97. The van der Waals surface area contributed by atoms with Crippen LogP contribution in [0.15, 0.2) is 46.9 Å². The van der Waals surface area contributed by atoms with Crippen LogP contribution in [0.5, 0.6) is 5.75 Å². The van der Waals surface area contributed by atoms with E-state index < -0.39 is 0 Å². The topological polar surface area (TPSA) is 9.23 Å². The van der Waals surface area contributed by atoms with E-state index in [1.807, 2.05) is 31.2 Å². The number of halogens is 3. The van der Waals surface area contributed by atoms with E-state index in [1.54, 1.807) is 12.1 Å². The molecule has 2 aromatic rings. The molecule has 0 amide bonds. The van der Waals surface area contributed by atoms with Crippen LogP contribution in [0.4, 0.5) is 4.39 Å². The van der Waals surface area contributed by atoms with Crippen LogP contribution in [0.1, 0.15) is 22.9 Å². The second kappa shape index (κ2) is 6.53. The van der Waals surface area contributed by atoms with Crippen molar-refractivity contribution in [2.45, 2.75) is 11.8 Å². The van der Waals surface area contributed by atoms with Gasteiger partial charge in [0.1, 0.15) is 11.6 Å². The van der Waals surface area contributed by atoms with Crippen molar-refractivity contribution in [2.75, 3.05) is 6.61 Å². The Morgan fingerprint density at radius 1 is 1.21 bits per heavy atom. The van der Waals surface area contributed by atoms with Gasteiger partial charge in [0, 0.05) is 5.56 Å². The number of hydrogen-bond acceptors (Lipinski definition) is 1. The molecule has 1 nitrogen and oxygen atoms in total. The van der Waals surface area contributed by atoms with Gasteiger partial charge in [0.15, 0.2) is 0 Å². The Morgan fingerprint density at radius 3 is 2.58 bits per heavy atom. The summed E-state index contributed by atoms with van der Waals surface area (Å²) in [6.07, 6.45) is 0. The van der Waals surface area contributed by atoms with E-state index in [9.17, 15) is 4.39 Å². The zero-order valence-corrected chi connectivity index (χ0v) is 13.5. The maximum Gasteiger partial charge on any atom is 0.133 e. The van der Waals surface area contributed by atoms with Gasteiger partial charge in [0.25, 0.3) is 0 Å². The molecule has 0 bridgehead atoms. The van der Waals surface area contributed by atoms with Crippen LogP contribution in [0, 0.1) is 5.82 Å². The van der Waals surface area contributed by atoms with E-state index in [0.717, 1.165) is 15.8 Å². The van der Waals surface area contributed by atoms with Gasteiger partial charge in [0.2, 0.25) is 0 Å². The summed E-state index contributed by atoms with van der Waals surface area (Å²) in [7, 11) is 0. The second-order valence-electron chi connectivity index (χ2n) is 4.01. The van der Waals surface area contributed by atoms with E-state index in [0.29, 0.717) is 12.2 Å². The summed E-state index contributed by atoms with van der Waals surface area (Å²) < 4.78 is 20.1. The van der Waals surface area contributed by atoms with Crippen molar-refractivity contribution in [2.24, 2.45) is 0 Å². The molecule has 0 radical (unpaired) electrons. The third-order valence-corrected chi connectivity index (χ3v) is 4.37. The fourth-order valence-electron chi connectivity index (χ4n) is 1.81. The predicted molar refractivity (Wildman–Crippen MR) is 82.5 cm³/mol. The lowest BCUT2D eigenvalue weighted by atomic mass is 10.0. The number of rotatable bonds is 4. The van der Waals surface area contributed by atoms with Crippen LogP contribution < -0.4 is 4.74 Å². The van der Waals surface area contributed by atoms with E-state index in [2.05, 4.69) is 31.9 Å². The van der Waals surface area contributed by atoms with E-state index in [4.69, 9.17) is 4.74 Å². The van der Waals surface area contributed by atoms with Crippen LogP contribution >= 0.6 is 31.9 Å². The average Bonchev–Trinajstić information content (AvgIpc) is 2.41. The maximum atomic E-state index is 13.8. The monoisotopic (exact) mass is 386 g/mol. The molecule has 19 heavy (non-hydrogen) atoms. The quantitative estimate of drug-likeness (QED) is 0.632. The largest absolute Gasteiger partial charge is 0.493 e. The van der Waals surface area contributed by atoms with E-state index >= 15 is 0 Å². The normalized spacial score (nSPS) is 12.2. The van der Waals surface area contributed by atoms with Crippen molar-refractivity contribution in [1.82, 2.24) is 0 Å². The first kappa shape index (κ1) is 14.5. The Labute approximate surface area is 129 Å². The molecule has 100 valence electrons. The molecule has 0 N–H and O–H groups in total. The minimum Gasteiger partial charge on any atom is -0.493 e. The molecule has 0 heterocycles. The molecule has 2 aromatic carbocycles. The highest BCUT2D eigenvalue weighted by molar-refractivity contribution is 9.10. The third kappa shape index (κ3) is 3.37. The Bertz CT molecular complexity index is 572. The lowest BCUT2D eigenvalue weighted by Gasteiger charge is -2.14. The van der Waals surface area contributed by atoms with Gasteiger partial charge in [-0.2, -0.15) is 0 Å². The summed E-state index contributed by atoms with van der Waals surface area (Å²) >= 11 is 7.01. The van der Waals surface area contributed by atoms with Crippen molar-refractivity contribution in [1.29, 1.82) is 0 Å². The molecule has 0 aliphatic carbocycles. The fraction of sp³-hybridized carbons (Fsp3) is 0.200. The summed E-state index contributed by atoms with van der Waals surface area (Å²) in [6.45, 7) is 2.55. The van der Waals surface area contributed by atoms with Gasteiger partial charge >= 0.3 is 0 Å². The lowest BCUT2D eigenvalue weighted by molar-refractivity contribution is 0.338. The highest BCUT2D eigenvalue weighted by Crippen LogP contribution is 2.36. The minimum absolute atomic E-state index is 0.180. The molecule has 0 aromatic heterocycles. The Hall–Kier alpha value is -0.870. The van der Waals surface area contributed by atoms with Crippen molar-refractivity contribution in [3.63, 3.8) is 0 Å². The van der Waals surface area contributed by atoms with Crippen LogP contribution in [0.3, 0.4) is 0 Å². The first-order chi connectivity index (χ1) is 9.13. The Kier molecular flexibility index (Phi) is 4.99. The van der Waals surface area contributed by atoms with Gasteiger partial charge in [-0.15, -0.1) is 0 Å². The smallest absolute Gasteiger partial charge is 0.133 e. The number of ether oxygens (including phenoxy) is 1. The molecule has 0 aliphatic rings. The molecule has 0 aliphatic heterocycles. The van der Waals surface area contributed by atoms with Crippen LogP contribution in [0.2, 0.25) is 0 Å². The molecule has 4 heteroatoms.